The Balaban J connectivity index is 2.15. The average molecular weight is 347 g/mol. The quantitative estimate of drug-likeness (QED) is 0.433. The Labute approximate surface area is 140 Å². The van der Waals surface area contributed by atoms with Gasteiger partial charge in [0.15, 0.2) is 0 Å². The van der Waals surface area contributed by atoms with Crippen molar-refractivity contribution < 1.29 is 18.0 Å². The van der Waals surface area contributed by atoms with E-state index in [0.29, 0.717) is 11.3 Å². The summed E-state index contributed by atoms with van der Waals surface area (Å²) in [7, 11) is 0. The Kier molecular flexibility index (Phi) is 4.24. The molecular weight excluding hydrogens is 335 g/mol. The lowest BCUT2D eigenvalue weighted by atomic mass is 10.2. The zero-order chi connectivity index (χ0) is 18.0. The number of nitrogen functional groups attached to an aromatic ring is 1. The number of halogens is 3. The Morgan fingerprint density at radius 1 is 1.16 bits per heavy atom. The summed E-state index contributed by atoms with van der Waals surface area (Å²) in [6.45, 7) is 0. The number of carbonyl (C=O) groups excluding carboxylic acids is 1. The van der Waals surface area contributed by atoms with Gasteiger partial charge in [0.25, 0.3) is 5.91 Å². The van der Waals surface area contributed by atoms with Crippen LogP contribution in [0.3, 0.4) is 0 Å². The van der Waals surface area contributed by atoms with E-state index in [9.17, 15) is 18.0 Å². The number of carbonyl (C=O) groups is 1. The predicted octanol–water partition coefficient (Wildman–Crippen LogP) is 2.56. The van der Waals surface area contributed by atoms with Gasteiger partial charge in [0.05, 0.1) is 16.9 Å². The van der Waals surface area contributed by atoms with Crippen LogP contribution in [0.25, 0.3) is 16.9 Å². The first-order valence-electron chi connectivity index (χ1n) is 7.09. The Hall–Kier alpha value is -3.20. The van der Waals surface area contributed by atoms with Crippen LogP contribution in [0.5, 0.6) is 0 Å². The number of benzene rings is 1. The minimum absolute atomic E-state index is 0.000627. The molecule has 3 rings (SSSR count). The predicted molar refractivity (Wildman–Crippen MR) is 83.5 cm³/mol. The fourth-order valence-electron chi connectivity index (χ4n) is 2.28. The molecule has 0 atom stereocenters. The molecule has 25 heavy (non-hydrogen) atoms. The minimum Gasteiger partial charge on any atom is -0.289 e. The minimum atomic E-state index is -4.51. The van der Waals surface area contributed by atoms with E-state index in [1.54, 1.807) is 18.3 Å². The van der Waals surface area contributed by atoms with Crippen molar-refractivity contribution in [3.05, 3.63) is 66.1 Å². The van der Waals surface area contributed by atoms with E-state index in [1.807, 2.05) is 5.43 Å². The summed E-state index contributed by atoms with van der Waals surface area (Å²) in [6.07, 6.45) is -1.41. The van der Waals surface area contributed by atoms with E-state index in [0.717, 1.165) is 16.8 Å². The number of alkyl halides is 3. The molecule has 9 heteroatoms. The summed E-state index contributed by atoms with van der Waals surface area (Å²) in [5.41, 5.74) is 2.20. The second kappa shape index (κ2) is 6.36. The number of nitrogens with zero attached hydrogens (tertiary/aromatic N) is 3. The first-order chi connectivity index (χ1) is 11.9. The van der Waals surface area contributed by atoms with Gasteiger partial charge in [-0.25, -0.2) is 10.5 Å². The van der Waals surface area contributed by atoms with Crippen LogP contribution in [0.15, 0.2) is 54.9 Å². The number of amides is 1. The third-order valence-electron chi connectivity index (χ3n) is 3.45. The summed E-state index contributed by atoms with van der Waals surface area (Å²) in [5, 5.41) is 4.24. The van der Waals surface area contributed by atoms with E-state index in [2.05, 4.69) is 10.1 Å². The summed E-state index contributed by atoms with van der Waals surface area (Å²) >= 11 is 0. The van der Waals surface area contributed by atoms with Crippen molar-refractivity contribution in [1.82, 2.24) is 20.2 Å². The van der Waals surface area contributed by atoms with E-state index in [1.165, 1.54) is 24.4 Å². The van der Waals surface area contributed by atoms with Crippen molar-refractivity contribution in [3.8, 4) is 16.9 Å². The molecule has 6 nitrogen and oxygen atoms in total. The molecule has 1 aromatic carbocycles. The third-order valence-corrected chi connectivity index (χ3v) is 3.45. The van der Waals surface area contributed by atoms with Crippen LogP contribution in [0.4, 0.5) is 13.2 Å². The molecule has 0 aliphatic carbocycles. The number of rotatable bonds is 3. The van der Waals surface area contributed by atoms with Crippen molar-refractivity contribution in [3.63, 3.8) is 0 Å². The molecule has 3 aromatic rings. The lowest BCUT2D eigenvalue weighted by Gasteiger charge is -2.10. The van der Waals surface area contributed by atoms with Crippen molar-refractivity contribution in [2.24, 2.45) is 5.84 Å². The van der Waals surface area contributed by atoms with Crippen LogP contribution in [-0.2, 0) is 6.18 Å². The van der Waals surface area contributed by atoms with Gasteiger partial charge in [-0.2, -0.15) is 18.3 Å². The van der Waals surface area contributed by atoms with Gasteiger partial charge in [-0.05, 0) is 36.4 Å². The van der Waals surface area contributed by atoms with E-state index < -0.39 is 17.6 Å². The van der Waals surface area contributed by atoms with Gasteiger partial charge >= 0.3 is 6.18 Å². The van der Waals surface area contributed by atoms with Gasteiger partial charge in [-0.1, -0.05) is 6.07 Å². The molecule has 0 bridgehead atoms. The highest BCUT2D eigenvalue weighted by molar-refractivity contribution is 5.93. The van der Waals surface area contributed by atoms with Crippen LogP contribution in [0.2, 0.25) is 0 Å². The second-order valence-electron chi connectivity index (χ2n) is 5.09. The number of nitrogens with two attached hydrogens (primary N) is 1. The summed E-state index contributed by atoms with van der Waals surface area (Å²) in [5.74, 6) is 4.48. The number of pyridine rings is 1. The van der Waals surface area contributed by atoms with E-state index >= 15 is 0 Å². The monoisotopic (exact) mass is 347 g/mol. The molecule has 0 spiro atoms. The summed E-state index contributed by atoms with van der Waals surface area (Å²) in [6, 6.07) is 9.35. The Morgan fingerprint density at radius 3 is 2.60 bits per heavy atom. The lowest BCUT2D eigenvalue weighted by Crippen LogP contribution is -2.31. The molecule has 3 N–H and O–H groups in total. The summed E-state index contributed by atoms with van der Waals surface area (Å²) in [4.78, 5) is 16.0. The van der Waals surface area contributed by atoms with Crippen molar-refractivity contribution in [2.75, 3.05) is 0 Å². The largest absolute Gasteiger partial charge is 0.416 e. The van der Waals surface area contributed by atoms with Crippen molar-refractivity contribution in [1.29, 1.82) is 0 Å². The van der Waals surface area contributed by atoms with E-state index in [-0.39, 0.29) is 11.4 Å². The third kappa shape index (κ3) is 3.36. The molecule has 0 saturated heterocycles. The molecule has 128 valence electrons. The van der Waals surface area contributed by atoms with Gasteiger partial charge in [-0.15, -0.1) is 0 Å². The molecule has 0 aliphatic rings. The zero-order valence-electron chi connectivity index (χ0n) is 12.7. The normalized spacial score (nSPS) is 11.4. The maximum Gasteiger partial charge on any atom is 0.416 e. The zero-order valence-corrected chi connectivity index (χ0v) is 12.7. The van der Waals surface area contributed by atoms with Crippen LogP contribution in [0.1, 0.15) is 16.1 Å². The fourth-order valence-corrected chi connectivity index (χ4v) is 2.28. The number of hydrogen-bond donors (Lipinski definition) is 2. The van der Waals surface area contributed by atoms with Crippen LogP contribution < -0.4 is 11.3 Å². The SMILES string of the molecule is NNC(=O)c1cc(-c2cccnc2)nn1-c1cccc(C(F)(F)F)c1. The molecule has 1 amide bonds. The fraction of sp³-hybridized carbons (Fsp3) is 0.0625. The standard InChI is InChI=1S/C16H12F3N5O/c17-16(18,19)11-4-1-5-12(7-11)24-14(15(25)22-20)8-13(23-24)10-3-2-6-21-9-10/h1-9H,20H2,(H,22,25). The molecule has 0 unspecified atom stereocenters. The Morgan fingerprint density at radius 2 is 1.96 bits per heavy atom. The van der Waals surface area contributed by atoms with Gasteiger partial charge in [0.1, 0.15) is 5.69 Å². The molecule has 0 aliphatic heterocycles. The van der Waals surface area contributed by atoms with Crippen LogP contribution in [-0.4, -0.2) is 20.7 Å². The maximum atomic E-state index is 12.9. The topological polar surface area (TPSA) is 85.8 Å². The first-order valence-corrected chi connectivity index (χ1v) is 7.09. The van der Waals surface area contributed by atoms with Gasteiger partial charge in [-0.3, -0.25) is 15.2 Å². The van der Waals surface area contributed by atoms with Gasteiger partial charge < -0.3 is 0 Å². The first kappa shape index (κ1) is 16.7. The van der Waals surface area contributed by atoms with E-state index in [4.69, 9.17) is 5.84 Å². The molecule has 2 heterocycles. The van der Waals surface area contributed by atoms with Gasteiger partial charge in [0.2, 0.25) is 0 Å². The second-order valence-corrected chi connectivity index (χ2v) is 5.09. The molecule has 0 saturated carbocycles. The smallest absolute Gasteiger partial charge is 0.289 e. The molecule has 0 fully saturated rings. The number of hydrogen-bond acceptors (Lipinski definition) is 4. The molecular formula is C16H12F3N5O. The van der Waals surface area contributed by atoms with Crippen molar-refractivity contribution >= 4 is 5.91 Å². The van der Waals surface area contributed by atoms with Crippen molar-refractivity contribution in [2.45, 2.75) is 6.18 Å². The number of hydrazine groups is 1. The maximum absolute atomic E-state index is 12.9. The van der Waals surface area contributed by atoms with Crippen LogP contribution >= 0.6 is 0 Å². The van der Waals surface area contributed by atoms with Gasteiger partial charge in [0, 0.05) is 18.0 Å². The number of aromatic nitrogens is 3. The highest BCUT2D eigenvalue weighted by Gasteiger charge is 2.31. The lowest BCUT2D eigenvalue weighted by molar-refractivity contribution is -0.137. The molecule has 0 radical (unpaired) electrons. The summed E-state index contributed by atoms with van der Waals surface area (Å²) < 4.78 is 39.9. The average Bonchev–Trinajstić information content (AvgIpc) is 3.06. The molecule has 2 aromatic heterocycles. The highest BCUT2D eigenvalue weighted by atomic mass is 19.4. The number of nitrogens with one attached hydrogen (secondary N) is 1. The Bertz CT molecular complexity index is 906. The highest BCUT2D eigenvalue weighted by Crippen LogP contribution is 2.31. The van der Waals surface area contributed by atoms with Crippen LogP contribution in [0, 0.1) is 0 Å².